The molecule has 0 atom stereocenters. The Morgan fingerprint density at radius 1 is 0.684 bits per heavy atom. The summed E-state index contributed by atoms with van der Waals surface area (Å²) in [5.41, 5.74) is 7.58. The van der Waals surface area contributed by atoms with Gasteiger partial charge in [0.05, 0.1) is 24.2 Å². The summed E-state index contributed by atoms with van der Waals surface area (Å²) < 4.78 is 10.4. The van der Waals surface area contributed by atoms with Crippen molar-refractivity contribution >= 4 is 45.8 Å². The van der Waals surface area contributed by atoms with Crippen molar-refractivity contribution in [2.24, 2.45) is 5.92 Å². The molecule has 1 fully saturated rings. The normalized spacial score (nSPS) is 16.2. The second-order valence-corrected chi connectivity index (χ2v) is 16.0. The lowest BCUT2D eigenvalue weighted by Gasteiger charge is -2.28. The molecule has 5 aromatic rings. The molecular weight excluding hydrogens is 735 g/mol. The van der Waals surface area contributed by atoms with E-state index in [-0.39, 0.29) is 35.7 Å². The van der Waals surface area contributed by atoms with Crippen molar-refractivity contribution in [2.75, 3.05) is 17.7 Å². The number of fused-ring (bicyclic) bond motifs is 1. The highest BCUT2D eigenvalue weighted by Gasteiger charge is 2.28. The molecule has 10 heteroatoms. The van der Waals surface area contributed by atoms with Crippen molar-refractivity contribution in [3.63, 3.8) is 0 Å². The largest absolute Gasteiger partial charge is 0.465 e. The summed E-state index contributed by atoms with van der Waals surface area (Å²) in [4.78, 5) is 53.2. The predicted octanol–water partition coefficient (Wildman–Crippen LogP) is 9.10. The van der Waals surface area contributed by atoms with Crippen molar-refractivity contribution in [3.05, 3.63) is 153 Å². The van der Waals surface area contributed by atoms with Gasteiger partial charge < -0.3 is 25.4 Å². The van der Waals surface area contributed by atoms with Crippen molar-refractivity contribution in [1.82, 2.24) is 5.32 Å². The predicted molar refractivity (Wildman–Crippen MR) is 224 cm³/mol. The third-order valence-corrected chi connectivity index (χ3v) is 12.2. The Hall–Kier alpha value is -5.58. The fourth-order valence-corrected chi connectivity index (χ4v) is 8.98. The summed E-state index contributed by atoms with van der Waals surface area (Å²) in [7, 11) is 1.37. The van der Waals surface area contributed by atoms with Crippen LogP contribution in [-0.2, 0) is 53.1 Å². The molecule has 57 heavy (non-hydrogen) atoms. The summed E-state index contributed by atoms with van der Waals surface area (Å²) in [5.74, 6) is -1.01. The Kier molecular flexibility index (Phi) is 13.2. The highest BCUT2D eigenvalue weighted by molar-refractivity contribution is 7.17. The van der Waals surface area contributed by atoms with Crippen molar-refractivity contribution in [3.8, 4) is 0 Å². The van der Waals surface area contributed by atoms with Crippen LogP contribution in [0.1, 0.15) is 102 Å². The number of esters is 2. The van der Waals surface area contributed by atoms with Gasteiger partial charge in [0.2, 0.25) is 0 Å². The minimum Gasteiger partial charge on any atom is -0.465 e. The van der Waals surface area contributed by atoms with Gasteiger partial charge in [0.1, 0.15) is 11.6 Å². The van der Waals surface area contributed by atoms with E-state index in [1.807, 2.05) is 84.9 Å². The first-order valence-corrected chi connectivity index (χ1v) is 20.7. The SMILES string of the molecule is COC(=O)c1ccc(CCc2ccc(NC(=O)c3c(NC(=O)c4cccc(CN[C@H]5CC[C@@H](C(=O)OCc6ccccc6)CC5)c4)sc4c3CCCC4)cc2)cc1. The van der Waals surface area contributed by atoms with Crippen LogP contribution in [0.3, 0.4) is 0 Å². The molecule has 294 valence electrons. The van der Waals surface area contributed by atoms with Crippen LogP contribution in [0.2, 0.25) is 0 Å². The highest BCUT2D eigenvalue weighted by Crippen LogP contribution is 2.39. The van der Waals surface area contributed by atoms with Crippen LogP contribution in [-0.4, -0.2) is 36.9 Å². The lowest BCUT2D eigenvalue weighted by molar-refractivity contribution is -0.151. The van der Waals surface area contributed by atoms with Gasteiger partial charge in [-0.05, 0) is 128 Å². The maximum absolute atomic E-state index is 13.9. The number of aryl methyl sites for hydroxylation is 3. The van der Waals surface area contributed by atoms with Gasteiger partial charge in [-0.3, -0.25) is 14.4 Å². The Morgan fingerprint density at radius 3 is 2.09 bits per heavy atom. The molecule has 0 spiro atoms. The standard InChI is InChI=1S/C47H49N3O6S/c1-55-46(53)35-20-16-31(17-21-35)14-15-32-18-24-39(25-19-32)49-44(52)42-40-12-5-6-13-41(40)57-45(42)50-43(51)37-11-7-10-34(28-37)29-48-38-26-22-36(23-27-38)47(54)56-30-33-8-3-2-4-9-33/h2-4,7-11,16-21,24-25,28,36,38,48H,5-6,12-15,22-23,26-27,29-30H2,1H3,(H,49,52)(H,50,51)/t36-,38+. The van der Waals surface area contributed by atoms with Crippen LogP contribution >= 0.6 is 11.3 Å². The van der Waals surface area contributed by atoms with E-state index in [0.717, 1.165) is 96.9 Å². The lowest BCUT2D eigenvalue weighted by atomic mass is 9.86. The molecule has 0 saturated heterocycles. The number of ether oxygens (including phenoxy) is 2. The second kappa shape index (κ2) is 19.0. The quantitative estimate of drug-likeness (QED) is 0.0961. The number of benzene rings is 4. The minimum atomic E-state index is -0.349. The van der Waals surface area contributed by atoms with Crippen LogP contribution in [0.15, 0.2) is 103 Å². The third-order valence-electron chi connectivity index (χ3n) is 11.0. The molecule has 2 aliphatic rings. The van der Waals surface area contributed by atoms with E-state index in [1.165, 1.54) is 18.4 Å². The maximum atomic E-state index is 13.9. The number of methoxy groups -OCH3 is 1. The van der Waals surface area contributed by atoms with Gasteiger partial charge in [0, 0.05) is 28.7 Å². The van der Waals surface area contributed by atoms with E-state index < -0.39 is 0 Å². The van der Waals surface area contributed by atoms with Crippen LogP contribution in [0.5, 0.6) is 0 Å². The van der Waals surface area contributed by atoms with Gasteiger partial charge in [-0.1, -0.05) is 66.7 Å². The first-order valence-electron chi connectivity index (χ1n) is 19.9. The molecule has 0 aliphatic heterocycles. The topological polar surface area (TPSA) is 123 Å². The fraction of sp³-hybridized carbons (Fsp3) is 0.319. The summed E-state index contributed by atoms with van der Waals surface area (Å²) in [6.45, 7) is 0.916. The molecule has 9 nitrogen and oxygen atoms in total. The smallest absolute Gasteiger partial charge is 0.337 e. The van der Waals surface area contributed by atoms with E-state index in [1.54, 1.807) is 18.2 Å². The van der Waals surface area contributed by atoms with Crippen molar-refractivity contribution in [1.29, 1.82) is 0 Å². The molecule has 0 radical (unpaired) electrons. The molecule has 1 heterocycles. The number of hydrogen-bond acceptors (Lipinski definition) is 8. The number of carbonyl (C=O) groups excluding carboxylic acids is 4. The summed E-state index contributed by atoms with van der Waals surface area (Å²) in [6, 6.07) is 32.9. The molecule has 3 N–H and O–H groups in total. The first kappa shape index (κ1) is 39.6. The number of thiophene rings is 1. The molecule has 2 aliphatic carbocycles. The average Bonchev–Trinajstić information content (AvgIpc) is 3.63. The first-order chi connectivity index (χ1) is 27.8. The van der Waals surface area contributed by atoms with Crippen molar-refractivity contribution in [2.45, 2.75) is 83.4 Å². The van der Waals surface area contributed by atoms with Crippen LogP contribution < -0.4 is 16.0 Å². The number of hydrogen-bond donors (Lipinski definition) is 3. The molecule has 1 aromatic heterocycles. The number of anilines is 2. The van der Waals surface area contributed by atoms with Gasteiger partial charge in [-0.15, -0.1) is 11.3 Å². The molecule has 7 rings (SSSR count). The Labute approximate surface area is 338 Å². The van der Waals surface area contributed by atoms with Crippen LogP contribution in [0.25, 0.3) is 0 Å². The number of nitrogens with one attached hydrogen (secondary N) is 3. The summed E-state index contributed by atoms with van der Waals surface area (Å²) in [5, 5.41) is 10.4. The summed E-state index contributed by atoms with van der Waals surface area (Å²) >= 11 is 1.51. The molecule has 1 saturated carbocycles. The van der Waals surface area contributed by atoms with Gasteiger partial charge in [0.25, 0.3) is 11.8 Å². The number of carbonyl (C=O) groups is 4. The zero-order valence-corrected chi connectivity index (χ0v) is 33.1. The van der Waals surface area contributed by atoms with Crippen LogP contribution in [0.4, 0.5) is 10.7 Å². The minimum absolute atomic E-state index is 0.0723. The number of rotatable bonds is 14. The highest BCUT2D eigenvalue weighted by atomic mass is 32.1. The Balaban J connectivity index is 0.921. The Bertz CT molecular complexity index is 2170. The van der Waals surface area contributed by atoms with Crippen molar-refractivity contribution < 1.29 is 28.7 Å². The van der Waals surface area contributed by atoms with E-state index in [0.29, 0.717) is 40.5 Å². The molecule has 0 bridgehead atoms. The molecule has 4 aromatic carbocycles. The molecule has 2 amide bonds. The maximum Gasteiger partial charge on any atom is 0.337 e. The molecular formula is C47H49N3O6S. The second-order valence-electron chi connectivity index (χ2n) is 14.9. The summed E-state index contributed by atoms with van der Waals surface area (Å²) in [6.07, 6.45) is 8.75. The monoisotopic (exact) mass is 783 g/mol. The van der Waals surface area contributed by atoms with E-state index in [2.05, 4.69) is 16.0 Å². The van der Waals surface area contributed by atoms with Gasteiger partial charge in [-0.2, -0.15) is 0 Å². The van der Waals surface area contributed by atoms with Gasteiger partial charge in [-0.25, -0.2) is 4.79 Å². The Morgan fingerprint density at radius 2 is 1.37 bits per heavy atom. The number of amides is 2. The van der Waals surface area contributed by atoms with Gasteiger partial charge >= 0.3 is 11.9 Å². The van der Waals surface area contributed by atoms with Gasteiger partial charge in [0.15, 0.2) is 0 Å². The average molecular weight is 784 g/mol. The van der Waals surface area contributed by atoms with Crippen LogP contribution in [0, 0.1) is 5.92 Å². The van der Waals surface area contributed by atoms with E-state index >= 15 is 0 Å². The fourth-order valence-electron chi connectivity index (χ4n) is 7.70. The lowest BCUT2D eigenvalue weighted by Crippen LogP contribution is -2.35. The van der Waals surface area contributed by atoms with E-state index in [4.69, 9.17) is 9.47 Å². The van der Waals surface area contributed by atoms with E-state index in [9.17, 15) is 19.2 Å². The zero-order valence-electron chi connectivity index (χ0n) is 32.3. The zero-order chi connectivity index (χ0) is 39.6. The third kappa shape index (κ3) is 10.4. The molecule has 0 unspecified atom stereocenters.